The minimum atomic E-state index is -0.194. The third kappa shape index (κ3) is 7.21. The zero-order valence-electron chi connectivity index (χ0n) is 20.7. The highest BCUT2D eigenvalue weighted by Gasteiger charge is 2.23. The van der Waals surface area contributed by atoms with Crippen LogP contribution < -0.4 is 5.32 Å². The van der Waals surface area contributed by atoms with Crippen LogP contribution in [0.3, 0.4) is 0 Å². The molecule has 0 aliphatic rings. The molecule has 0 saturated heterocycles. The molecular weight excluding hydrogens is 400 g/mol. The van der Waals surface area contributed by atoms with E-state index < -0.39 is 0 Å². The number of rotatable bonds is 11. The molecule has 0 atom stereocenters. The van der Waals surface area contributed by atoms with E-state index in [0.29, 0.717) is 18.8 Å². The molecule has 1 heterocycles. The van der Waals surface area contributed by atoms with Crippen LogP contribution in [0.25, 0.3) is 5.69 Å². The number of carbonyl (C=O) groups excluding carboxylic acids is 2. The van der Waals surface area contributed by atoms with Gasteiger partial charge < -0.3 is 10.2 Å². The van der Waals surface area contributed by atoms with E-state index in [0.717, 1.165) is 49.0 Å². The Morgan fingerprint density at radius 2 is 1.75 bits per heavy atom. The molecule has 0 fully saturated rings. The maximum absolute atomic E-state index is 13.0. The van der Waals surface area contributed by atoms with Crippen LogP contribution in [-0.4, -0.2) is 39.6 Å². The second kappa shape index (κ2) is 11.8. The SMILES string of the molecule is CCCCCC(=O)N(CCCC)CC(=O)Nc1cc(C(C)(C)C)nn1-c1ccccc1C. The van der Waals surface area contributed by atoms with E-state index >= 15 is 0 Å². The molecule has 1 aromatic carbocycles. The number of carbonyl (C=O) groups is 2. The lowest BCUT2D eigenvalue weighted by molar-refractivity contribution is -0.134. The van der Waals surface area contributed by atoms with Crippen LogP contribution in [-0.2, 0) is 15.0 Å². The molecule has 6 heteroatoms. The second-order valence-corrected chi connectivity index (χ2v) is 9.54. The van der Waals surface area contributed by atoms with Crippen molar-refractivity contribution >= 4 is 17.6 Å². The molecule has 32 heavy (non-hydrogen) atoms. The highest BCUT2D eigenvalue weighted by atomic mass is 16.2. The molecule has 0 saturated carbocycles. The van der Waals surface area contributed by atoms with Gasteiger partial charge in [0.05, 0.1) is 17.9 Å². The normalized spacial score (nSPS) is 11.4. The number of unbranched alkanes of at least 4 members (excludes halogenated alkanes) is 3. The summed E-state index contributed by atoms with van der Waals surface area (Å²) in [5.41, 5.74) is 2.74. The summed E-state index contributed by atoms with van der Waals surface area (Å²) in [5.74, 6) is 0.494. The number of hydrogen-bond acceptors (Lipinski definition) is 3. The van der Waals surface area contributed by atoms with Crippen molar-refractivity contribution in [3.63, 3.8) is 0 Å². The summed E-state index contributed by atoms with van der Waals surface area (Å²) in [7, 11) is 0. The van der Waals surface area contributed by atoms with E-state index in [1.807, 2.05) is 37.3 Å². The molecule has 0 aliphatic carbocycles. The van der Waals surface area contributed by atoms with Crippen LogP contribution in [0.5, 0.6) is 0 Å². The van der Waals surface area contributed by atoms with Crippen molar-refractivity contribution < 1.29 is 9.59 Å². The number of anilines is 1. The van der Waals surface area contributed by atoms with Gasteiger partial charge in [-0.1, -0.05) is 72.1 Å². The molecule has 1 N–H and O–H groups in total. The fourth-order valence-corrected chi connectivity index (χ4v) is 3.50. The second-order valence-electron chi connectivity index (χ2n) is 9.54. The molecule has 0 bridgehead atoms. The number of aryl methyl sites for hydroxylation is 1. The summed E-state index contributed by atoms with van der Waals surface area (Å²) in [5, 5.41) is 7.83. The van der Waals surface area contributed by atoms with Gasteiger partial charge in [-0.05, 0) is 31.4 Å². The first-order valence-electron chi connectivity index (χ1n) is 11.9. The van der Waals surface area contributed by atoms with Gasteiger partial charge in [0.1, 0.15) is 5.82 Å². The Bertz CT molecular complexity index is 895. The van der Waals surface area contributed by atoms with Crippen LogP contribution in [0.1, 0.15) is 84.4 Å². The van der Waals surface area contributed by atoms with Crippen LogP contribution >= 0.6 is 0 Å². The highest BCUT2D eigenvalue weighted by Crippen LogP contribution is 2.27. The Balaban J connectivity index is 2.23. The Morgan fingerprint density at radius 1 is 1.06 bits per heavy atom. The minimum absolute atomic E-state index is 0.0600. The third-order valence-corrected chi connectivity index (χ3v) is 5.55. The summed E-state index contributed by atoms with van der Waals surface area (Å²) in [4.78, 5) is 27.4. The number of hydrogen-bond donors (Lipinski definition) is 1. The number of para-hydroxylation sites is 1. The monoisotopic (exact) mass is 440 g/mol. The van der Waals surface area contributed by atoms with E-state index in [9.17, 15) is 9.59 Å². The third-order valence-electron chi connectivity index (χ3n) is 5.55. The van der Waals surface area contributed by atoms with Crippen molar-refractivity contribution in [1.29, 1.82) is 0 Å². The van der Waals surface area contributed by atoms with Gasteiger partial charge >= 0.3 is 0 Å². The molecule has 0 unspecified atom stereocenters. The van der Waals surface area contributed by atoms with Crippen LogP contribution in [0.2, 0.25) is 0 Å². The van der Waals surface area contributed by atoms with Crippen molar-refractivity contribution in [3.05, 3.63) is 41.6 Å². The smallest absolute Gasteiger partial charge is 0.245 e. The van der Waals surface area contributed by atoms with Crippen molar-refractivity contribution in [2.45, 2.75) is 85.5 Å². The first kappa shape index (κ1) is 25.6. The predicted octanol–water partition coefficient (Wildman–Crippen LogP) is 5.63. The van der Waals surface area contributed by atoms with Gasteiger partial charge in [0.15, 0.2) is 0 Å². The molecule has 2 aromatic rings. The largest absolute Gasteiger partial charge is 0.333 e. The van der Waals surface area contributed by atoms with E-state index in [4.69, 9.17) is 5.10 Å². The van der Waals surface area contributed by atoms with Crippen molar-refractivity contribution in [2.75, 3.05) is 18.4 Å². The minimum Gasteiger partial charge on any atom is -0.333 e. The lowest BCUT2D eigenvalue weighted by Gasteiger charge is -2.22. The van der Waals surface area contributed by atoms with Gasteiger partial charge in [0, 0.05) is 24.4 Å². The molecule has 0 spiro atoms. The van der Waals surface area contributed by atoms with Crippen molar-refractivity contribution in [3.8, 4) is 5.69 Å². The summed E-state index contributed by atoms with van der Waals surface area (Å²) < 4.78 is 1.80. The average molecular weight is 441 g/mol. The zero-order chi connectivity index (χ0) is 23.7. The topological polar surface area (TPSA) is 67.2 Å². The summed E-state index contributed by atoms with van der Waals surface area (Å²) in [6.07, 6.45) is 5.35. The first-order valence-corrected chi connectivity index (χ1v) is 11.9. The maximum Gasteiger partial charge on any atom is 0.245 e. The fourth-order valence-electron chi connectivity index (χ4n) is 3.50. The predicted molar refractivity (Wildman–Crippen MR) is 131 cm³/mol. The van der Waals surface area contributed by atoms with E-state index in [2.05, 4.69) is 39.9 Å². The quantitative estimate of drug-likeness (QED) is 0.461. The van der Waals surface area contributed by atoms with Gasteiger partial charge in [-0.3, -0.25) is 9.59 Å². The Kier molecular flexibility index (Phi) is 9.48. The number of aromatic nitrogens is 2. The van der Waals surface area contributed by atoms with E-state index in [-0.39, 0.29) is 23.8 Å². The summed E-state index contributed by atoms with van der Waals surface area (Å²) in [6, 6.07) is 9.91. The van der Waals surface area contributed by atoms with Crippen molar-refractivity contribution in [1.82, 2.24) is 14.7 Å². The van der Waals surface area contributed by atoms with E-state index in [1.165, 1.54) is 0 Å². The summed E-state index contributed by atoms with van der Waals surface area (Å²) >= 11 is 0. The molecule has 0 radical (unpaired) electrons. The lowest BCUT2D eigenvalue weighted by Crippen LogP contribution is -2.38. The number of nitrogens with zero attached hydrogens (tertiary/aromatic N) is 3. The van der Waals surface area contributed by atoms with Gasteiger partial charge in [-0.15, -0.1) is 0 Å². The lowest BCUT2D eigenvalue weighted by atomic mass is 9.92. The summed E-state index contributed by atoms with van der Waals surface area (Å²) in [6.45, 7) is 13.2. The maximum atomic E-state index is 13.0. The van der Waals surface area contributed by atoms with Crippen LogP contribution in [0, 0.1) is 6.92 Å². The Hall–Kier alpha value is -2.63. The fraction of sp³-hybridized carbons (Fsp3) is 0.577. The molecule has 1 aromatic heterocycles. The Labute approximate surface area is 193 Å². The molecule has 2 rings (SSSR count). The van der Waals surface area contributed by atoms with Gasteiger partial charge in [-0.25, -0.2) is 4.68 Å². The van der Waals surface area contributed by atoms with Crippen molar-refractivity contribution in [2.24, 2.45) is 0 Å². The highest BCUT2D eigenvalue weighted by molar-refractivity contribution is 5.94. The molecular formula is C26H40N4O2. The van der Waals surface area contributed by atoms with Gasteiger partial charge in [0.2, 0.25) is 11.8 Å². The number of nitrogens with one attached hydrogen (secondary N) is 1. The average Bonchev–Trinajstić information content (AvgIpc) is 3.15. The number of benzene rings is 1. The molecule has 176 valence electrons. The van der Waals surface area contributed by atoms with Crippen LogP contribution in [0.15, 0.2) is 30.3 Å². The first-order chi connectivity index (χ1) is 15.2. The van der Waals surface area contributed by atoms with Gasteiger partial charge in [0.25, 0.3) is 0 Å². The molecule has 6 nitrogen and oxygen atoms in total. The zero-order valence-corrected chi connectivity index (χ0v) is 20.7. The molecule has 0 aliphatic heterocycles. The molecule has 2 amide bonds. The van der Waals surface area contributed by atoms with E-state index in [1.54, 1.807) is 9.58 Å². The Morgan fingerprint density at radius 3 is 2.38 bits per heavy atom. The van der Waals surface area contributed by atoms with Gasteiger partial charge in [-0.2, -0.15) is 5.10 Å². The van der Waals surface area contributed by atoms with Crippen LogP contribution in [0.4, 0.5) is 5.82 Å². The number of amides is 2. The standard InChI is InChI=1S/C26H40N4O2/c1-7-9-11-16-25(32)29(17-10-8-2)19-24(31)27-23-18-22(26(4,5)6)28-30(23)21-15-13-12-14-20(21)3/h12-15,18H,7-11,16-17,19H2,1-6H3,(H,27,31).